The molecule has 0 amide bonds. The lowest BCUT2D eigenvalue weighted by Gasteiger charge is -2.05. The van der Waals surface area contributed by atoms with Crippen molar-refractivity contribution < 1.29 is 0 Å². The molecule has 15 heavy (non-hydrogen) atoms. The third-order valence-electron chi connectivity index (χ3n) is 1.86. The average molecular weight is 234 g/mol. The Morgan fingerprint density at radius 2 is 2.00 bits per heavy atom. The summed E-state index contributed by atoms with van der Waals surface area (Å²) in [6, 6.07) is 11.4. The Morgan fingerprint density at radius 1 is 1.40 bits per heavy atom. The van der Waals surface area contributed by atoms with Gasteiger partial charge >= 0.3 is 0 Å². The molecule has 0 fully saturated rings. The van der Waals surface area contributed by atoms with Crippen molar-refractivity contribution in [2.24, 2.45) is 5.73 Å². The van der Waals surface area contributed by atoms with Crippen LogP contribution in [0.1, 0.15) is 5.56 Å². The van der Waals surface area contributed by atoms with E-state index in [0.29, 0.717) is 15.5 Å². The van der Waals surface area contributed by atoms with E-state index in [1.165, 1.54) is 11.8 Å². The number of nitriles is 1. The molecule has 0 spiro atoms. The molecule has 0 heterocycles. The fourth-order valence-electron chi connectivity index (χ4n) is 1.08. The Labute approximate surface area is 98.8 Å². The van der Waals surface area contributed by atoms with Gasteiger partial charge in [-0.2, -0.15) is 5.26 Å². The Morgan fingerprint density at radius 3 is 2.47 bits per heavy atom. The molecule has 2 N–H and O–H groups in total. The molecule has 1 aromatic rings. The van der Waals surface area contributed by atoms with E-state index in [1.54, 1.807) is 0 Å². The first kappa shape index (κ1) is 11.8. The van der Waals surface area contributed by atoms with Crippen LogP contribution in [0.5, 0.6) is 0 Å². The lowest BCUT2D eigenvalue weighted by Crippen LogP contribution is -2.05. The Balaban J connectivity index is 3.20. The summed E-state index contributed by atoms with van der Waals surface area (Å²) < 4.78 is 0.527. The summed E-state index contributed by atoms with van der Waals surface area (Å²) >= 11 is 6.41. The van der Waals surface area contributed by atoms with Crippen LogP contribution in [0.4, 0.5) is 0 Å². The van der Waals surface area contributed by atoms with Gasteiger partial charge in [-0.15, -0.1) is 11.8 Å². The number of hydrogen-bond donors (Lipinski definition) is 1. The van der Waals surface area contributed by atoms with Crippen LogP contribution in [0, 0.1) is 11.3 Å². The van der Waals surface area contributed by atoms with Gasteiger partial charge in [0, 0.05) is 0 Å². The third-order valence-corrected chi connectivity index (χ3v) is 3.13. The van der Waals surface area contributed by atoms with E-state index < -0.39 is 0 Å². The first-order valence-electron chi connectivity index (χ1n) is 4.24. The molecule has 0 saturated carbocycles. The van der Waals surface area contributed by atoms with Crippen LogP contribution in [-0.2, 0) is 0 Å². The second-order valence-corrected chi connectivity index (χ2v) is 4.24. The molecule has 0 radical (unpaired) electrons. The van der Waals surface area contributed by atoms with Gasteiger partial charge in [-0.05, 0) is 11.8 Å². The molecule has 0 saturated heterocycles. The molecule has 1 aromatic carbocycles. The highest BCUT2D eigenvalue weighted by molar-refractivity contribution is 8.23. The van der Waals surface area contributed by atoms with Crippen LogP contribution >= 0.6 is 24.0 Å². The van der Waals surface area contributed by atoms with Crippen LogP contribution in [-0.4, -0.2) is 10.5 Å². The molecule has 0 aliphatic rings. The van der Waals surface area contributed by atoms with Crippen LogP contribution in [0.2, 0.25) is 0 Å². The average Bonchev–Trinajstić information content (AvgIpc) is 2.30. The highest BCUT2D eigenvalue weighted by atomic mass is 32.2. The van der Waals surface area contributed by atoms with Crippen molar-refractivity contribution in [2.45, 2.75) is 0 Å². The zero-order valence-corrected chi connectivity index (χ0v) is 9.86. The molecule has 76 valence electrons. The zero-order chi connectivity index (χ0) is 11.3. The highest BCUT2D eigenvalue weighted by Crippen LogP contribution is 2.18. The summed E-state index contributed by atoms with van der Waals surface area (Å²) in [7, 11) is 0. The number of nitrogens with two attached hydrogens (primary N) is 1. The molecule has 1 rings (SSSR count). The summed E-state index contributed by atoms with van der Waals surface area (Å²) in [6.45, 7) is 0. The van der Waals surface area contributed by atoms with E-state index in [9.17, 15) is 0 Å². The second-order valence-electron chi connectivity index (χ2n) is 2.76. The third kappa shape index (κ3) is 2.82. The Hall–Kier alpha value is -1.31. The van der Waals surface area contributed by atoms with Gasteiger partial charge < -0.3 is 5.73 Å². The first-order valence-corrected chi connectivity index (χ1v) is 5.87. The van der Waals surface area contributed by atoms with Crippen molar-refractivity contribution in [3.8, 4) is 6.07 Å². The van der Waals surface area contributed by atoms with E-state index in [4.69, 9.17) is 23.2 Å². The van der Waals surface area contributed by atoms with Gasteiger partial charge in [-0.25, -0.2) is 0 Å². The fraction of sp³-hybridized carbons (Fsp3) is 0.0909. The van der Waals surface area contributed by atoms with Crippen molar-refractivity contribution in [2.75, 3.05) is 6.26 Å². The maximum absolute atomic E-state index is 8.97. The summed E-state index contributed by atoms with van der Waals surface area (Å²) in [6.07, 6.45) is 1.83. The molecule has 0 atom stereocenters. The molecular formula is C11H10N2S2. The molecule has 0 aromatic heterocycles. The van der Waals surface area contributed by atoms with Gasteiger partial charge in [0.2, 0.25) is 0 Å². The maximum atomic E-state index is 8.97. The first-order chi connectivity index (χ1) is 7.20. The van der Waals surface area contributed by atoms with Gasteiger partial charge in [-0.1, -0.05) is 42.5 Å². The van der Waals surface area contributed by atoms with Gasteiger partial charge in [0.25, 0.3) is 0 Å². The number of thiocarbonyl (C=S) groups is 1. The molecule has 4 heteroatoms. The van der Waals surface area contributed by atoms with Crippen molar-refractivity contribution in [3.63, 3.8) is 0 Å². The van der Waals surface area contributed by atoms with Crippen molar-refractivity contribution >= 4 is 33.9 Å². The molecule has 0 aliphatic heterocycles. The molecule has 0 bridgehead atoms. The number of rotatable bonds is 2. The second kappa shape index (κ2) is 5.54. The monoisotopic (exact) mass is 234 g/mol. The van der Waals surface area contributed by atoms with E-state index in [1.807, 2.05) is 42.7 Å². The Bertz CT molecular complexity index is 430. The van der Waals surface area contributed by atoms with E-state index in [0.717, 1.165) is 5.56 Å². The van der Waals surface area contributed by atoms with Crippen molar-refractivity contribution in [3.05, 3.63) is 41.5 Å². The van der Waals surface area contributed by atoms with Gasteiger partial charge in [-0.3, -0.25) is 0 Å². The topological polar surface area (TPSA) is 49.8 Å². The minimum absolute atomic E-state index is 0.378. The summed E-state index contributed by atoms with van der Waals surface area (Å²) in [5.41, 5.74) is 7.53. The largest absolute Gasteiger partial charge is 0.397 e. The molecule has 2 nitrogen and oxygen atoms in total. The van der Waals surface area contributed by atoms with Crippen molar-refractivity contribution in [1.82, 2.24) is 0 Å². The van der Waals surface area contributed by atoms with Crippen molar-refractivity contribution in [1.29, 1.82) is 5.26 Å². The predicted molar refractivity (Wildman–Crippen MR) is 69.3 cm³/mol. The molecule has 0 unspecified atom stereocenters. The zero-order valence-electron chi connectivity index (χ0n) is 8.23. The lowest BCUT2D eigenvalue weighted by atomic mass is 10.1. The smallest absolute Gasteiger partial charge is 0.103 e. The van der Waals surface area contributed by atoms with Gasteiger partial charge in [0.05, 0.1) is 15.5 Å². The number of nitrogens with zero attached hydrogens (tertiary/aromatic N) is 1. The Kier molecular flexibility index (Phi) is 4.35. The number of hydrogen-bond acceptors (Lipinski definition) is 4. The molecular weight excluding hydrogens is 224 g/mol. The fourth-order valence-corrected chi connectivity index (χ4v) is 1.60. The SMILES string of the molecule is CSC(=S)C(C#N)=C(N)c1ccccc1. The standard InChI is InChI=1S/C11H10N2S2/c1-15-11(14)9(7-12)10(13)8-5-3-2-4-6-8/h2-6H,13H2,1H3. The van der Waals surface area contributed by atoms with Crippen LogP contribution in [0.25, 0.3) is 5.70 Å². The molecule has 0 aliphatic carbocycles. The van der Waals surface area contributed by atoms with E-state index in [2.05, 4.69) is 0 Å². The minimum atomic E-state index is 0.378. The van der Waals surface area contributed by atoms with Crippen LogP contribution in [0.3, 0.4) is 0 Å². The summed E-state index contributed by atoms with van der Waals surface area (Å²) in [5, 5.41) is 8.97. The van der Waals surface area contributed by atoms with Crippen LogP contribution < -0.4 is 5.73 Å². The number of thioether (sulfide) groups is 1. The van der Waals surface area contributed by atoms with E-state index >= 15 is 0 Å². The van der Waals surface area contributed by atoms with Gasteiger partial charge in [0.1, 0.15) is 6.07 Å². The summed E-state index contributed by atoms with van der Waals surface area (Å²) in [4.78, 5) is 0. The number of benzene rings is 1. The quantitative estimate of drug-likeness (QED) is 0.485. The maximum Gasteiger partial charge on any atom is 0.103 e. The van der Waals surface area contributed by atoms with Gasteiger partial charge in [0.15, 0.2) is 0 Å². The van der Waals surface area contributed by atoms with E-state index in [-0.39, 0.29) is 0 Å². The predicted octanol–water partition coefficient (Wildman–Crippen LogP) is 2.57. The lowest BCUT2D eigenvalue weighted by molar-refractivity contribution is 1.47. The highest BCUT2D eigenvalue weighted by Gasteiger charge is 2.09. The van der Waals surface area contributed by atoms with Crippen LogP contribution in [0.15, 0.2) is 35.9 Å². The normalized spacial score (nSPS) is 11.5. The minimum Gasteiger partial charge on any atom is -0.397 e. The summed E-state index contributed by atoms with van der Waals surface area (Å²) in [5.74, 6) is 0.